The van der Waals surface area contributed by atoms with E-state index in [4.69, 9.17) is 9.53 Å². The third-order valence-corrected chi connectivity index (χ3v) is 12.8. The van der Waals surface area contributed by atoms with E-state index >= 15 is 0 Å². The monoisotopic (exact) mass is 564 g/mol. The smallest absolute Gasteiger partial charge is 0.225 e. The normalized spacial score (nSPS) is 25.8. The Morgan fingerprint density at radius 3 is 2.22 bits per heavy atom. The van der Waals surface area contributed by atoms with Crippen LogP contribution >= 0.6 is 22.6 Å². The van der Waals surface area contributed by atoms with Gasteiger partial charge in [0.25, 0.3) is 0 Å². The molecule has 0 radical (unpaired) electrons. The molecule has 1 spiro atoms. The van der Waals surface area contributed by atoms with Crippen molar-refractivity contribution in [2.24, 2.45) is 0 Å². The van der Waals surface area contributed by atoms with Gasteiger partial charge in [-0.1, -0.05) is 50.1 Å². The zero-order chi connectivity index (χ0) is 23.4. The zero-order valence-corrected chi connectivity index (χ0v) is 23.0. The van der Waals surface area contributed by atoms with Crippen molar-refractivity contribution < 1.29 is 9.53 Å². The molecule has 4 nitrogen and oxygen atoms in total. The van der Waals surface area contributed by atoms with Crippen molar-refractivity contribution in [2.45, 2.75) is 64.5 Å². The van der Waals surface area contributed by atoms with Crippen LogP contribution in [-0.2, 0) is 4.43 Å². The highest BCUT2D eigenvalue weighted by Crippen LogP contribution is 2.53. The van der Waals surface area contributed by atoms with E-state index in [9.17, 15) is 0 Å². The highest BCUT2D eigenvalue weighted by atomic mass is 127. The number of halogens is 1. The Kier molecular flexibility index (Phi) is 11.8. The van der Waals surface area contributed by atoms with Gasteiger partial charge < -0.3 is 9.53 Å². The van der Waals surface area contributed by atoms with Gasteiger partial charge in [-0.25, -0.2) is 0 Å². The summed E-state index contributed by atoms with van der Waals surface area (Å²) in [6.07, 6.45) is 16.2. The lowest BCUT2D eigenvalue weighted by atomic mass is 10.1. The van der Waals surface area contributed by atoms with Gasteiger partial charge in [0.2, 0.25) is 8.32 Å². The Morgan fingerprint density at radius 1 is 1.12 bits per heavy atom. The lowest BCUT2D eigenvalue weighted by molar-refractivity contribution is 0.305. The predicted octanol–water partition coefficient (Wildman–Crippen LogP) is 6.97. The molecule has 2 atom stereocenters. The van der Waals surface area contributed by atoms with Gasteiger partial charge in [0, 0.05) is 41.6 Å². The lowest BCUT2D eigenvalue weighted by Crippen LogP contribution is -2.40. The number of allylic oxidation sites excluding steroid dienone is 2. The largest absolute Gasteiger partial charge is 0.412 e. The van der Waals surface area contributed by atoms with E-state index in [0.717, 1.165) is 28.8 Å². The molecule has 1 N–H and O–H groups in total. The number of aromatic nitrogens is 2. The van der Waals surface area contributed by atoms with Gasteiger partial charge in [0.05, 0.1) is 0 Å². The molecular weight excluding hydrogens is 527 g/mol. The van der Waals surface area contributed by atoms with Crippen LogP contribution in [0, 0.1) is 3.57 Å². The molecule has 2 saturated heterocycles. The highest BCUT2D eigenvalue weighted by Gasteiger charge is 2.54. The summed E-state index contributed by atoms with van der Waals surface area (Å²) < 4.78 is 7.38. The van der Waals surface area contributed by atoms with Gasteiger partial charge in [-0.2, -0.15) is 0 Å². The molecule has 0 amide bonds. The highest BCUT2D eigenvalue weighted by molar-refractivity contribution is 14.1. The first-order valence-electron chi connectivity index (χ1n) is 11.5. The van der Waals surface area contributed by atoms with Crippen molar-refractivity contribution in [3.63, 3.8) is 0 Å². The standard InChI is InChI=1S/C11H20OSi.C10H13NO.C5H4IN/c1-4-11-7-8-12-13(11)9(2)5-6-10(13)3;1-2-9(5-7-12)10-4-3-6-11-8-10;6-5-2-1-3-7-4-5/h4,9-10H,5-8H2,1-3H3;2-4,6,8,12H,5,7H2,1H3;1-4H/b11-4+;9-2+;. The number of hydrogen-bond donors (Lipinski definition) is 1. The fourth-order valence-electron chi connectivity index (χ4n) is 4.79. The Bertz CT molecular complexity index is 849. The van der Waals surface area contributed by atoms with E-state index in [1.54, 1.807) is 17.6 Å². The first-order valence-corrected chi connectivity index (χ1v) is 14.6. The zero-order valence-electron chi connectivity index (χ0n) is 19.8. The molecule has 2 aromatic heterocycles. The maximum atomic E-state index is 8.77. The number of nitrogens with zero attached hydrogens (tertiary/aromatic N) is 2. The van der Waals surface area contributed by atoms with Crippen molar-refractivity contribution in [2.75, 3.05) is 13.2 Å². The fraction of sp³-hybridized carbons (Fsp3) is 0.462. The van der Waals surface area contributed by atoms with Crippen molar-refractivity contribution >= 4 is 36.5 Å². The van der Waals surface area contributed by atoms with Crippen LogP contribution in [0.3, 0.4) is 0 Å². The van der Waals surface area contributed by atoms with Crippen molar-refractivity contribution in [1.82, 2.24) is 9.97 Å². The first kappa shape index (κ1) is 26.9. The number of aliphatic hydroxyl groups is 1. The van der Waals surface area contributed by atoms with Gasteiger partial charge in [-0.05, 0) is 89.7 Å². The van der Waals surface area contributed by atoms with Crippen molar-refractivity contribution in [1.29, 1.82) is 0 Å². The summed E-state index contributed by atoms with van der Waals surface area (Å²) in [4.78, 5) is 7.89. The average molecular weight is 565 g/mol. The van der Waals surface area contributed by atoms with Gasteiger partial charge in [0.15, 0.2) is 0 Å². The maximum Gasteiger partial charge on any atom is 0.225 e. The van der Waals surface area contributed by atoms with Gasteiger partial charge in [-0.3, -0.25) is 9.97 Å². The Hall–Kier alpha value is -1.35. The molecular formula is C26H37IN2O2Si. The second-order valence-electron chi connectivity index (χ2n) is 8.29. The molecule has 174 valence electrons. The van der Waals surface area contributed by atoms with E-state index in [0.29, 0.717) is 6.42 Å². The molecule has 6 heteroatoms. The average Bonchev–Trinajstić information content (AvgIpc) is 3.39. The molecule has 0 aromatic carbocycles. The molecule has 2 aliphatic heterocycles. The number of rotatable bonds is 3. The van der Waals surface area contributed by atoms with Crippen LogP contribution in [0.15, 0.2) is 66.4 Å². The van der Waals surface area contributed by atoms with Crippen LogP contribution in [0.4, 0.5) is 0 Å². The van der Waals surface area contributed by atoms with Crippen LogP contribution in [0.2, 0.25) is 11.1 Å². The van der Waals surface area contributed by atoms with E-state index in [2.05, 4.69) is 59.4 Å². The number of aliphatic hydroxyl groups excluding tert-OH is 1. The minimum Gasteiger partial charge on any atom is -0.412 e. The third kappa shape index (κ3) is 7.07. The molecule has 0 saturated carbocycles. The summed E-state index contributed by atoms with van der Waals surface area (Å²) in [5, 5.41) is 10.5. The minimum atomic E-state index is -1.44. The molecule has 2 aromatic rings. The summed E-state index contributed by atoms with van der Waals surface area (Å²) in [7, 11) is -1.44. The molecule has 2 unspecified atom stereocenters. The van der Waals surface area contributed by atoms with Gasteiger partial charge in [0.1, 0.15) is 0 Å². The molecule has 4 rings (SSSR count). The van der Waals surface area contributed by atoms with E-state index in [-0.39, 0.29) is 6.61 Å². The molecule has 2 aliphatic rings. The Morgan fingerprint density at radius 2 is 1.78 bits per heavy atom. The minimum absolute atomic E-state index is 0.189. The Balaban J connectivity index is 0.000000178. The molecule has 4 heterocycles. The Labute approximate surface area is 208 Å². The first-order chi connectivity index (χ1) is 15.5. The third-order valence-electron chi connectivity index (χ3n) is 6.45. The van der Waals surface area contributed by atoms with E-state index < -0.39 is 8.32 Å². The summed E-state index contributed by atoms with van der Waals surface area (Å²) in [5.74, 6) is 0. The van der Waals surface area contributed by atoms with Gasteiger partial charge >= 0.3 is 0 Å². The van der Waals surface area contributed by atoms with Crippen LogP contribution in [-0.4, -0.2) is 36.6 Å². The maximum absolute atomic E-state index is 8.77. The molecule has 0 aliphatic carbocycles. The second-order valence-corrected chi connectivity index (χ2v) is 14.0. The fourth-order valence-corrected chi connectivity index (χ4v) is 10.7. The molecule has 0 bridgehead atoms. The van der Waals surface area contributed by atoms with E-state index in [1.807, 2.05) is 49.7 Å². The second kappa shape index (κ2) is 14.0. The SMILES string of the molecule is C/C=C(\CCO)c1cccnc1.C/C=C1\CCO[Si]12C(C)CCC2C.Ic1cccnc1. The molecule has 32 heavy (non-hydrogen) atoms. The van der Waals surface area contributed by atoms with Crippen LogP contribution < -0.4 is 0 Å². The quantitative estimate of drug-likeness (QED) is 0.323. The summed E-state index contributed by atoms with van der Waals surface area (Å²) in [6.45, 7) is 10.2. The lowest BCUT2D eigenvalue weighted by Gasteiger charge is -2.31. The number of pyridine rings is 2. The topological polar surface area (TPSA) is 55.2 Å². The van der Waals surface area contributed by atoms with Crippen molar-refractivity contribution in [3.05, 3.63) is 75.5 Å². The number of hydrogen-bond acceptors (Lipinski definition) is 4. The molecule has 2 fully saturated rings. The summed E-state index contributed by atoms with van der Waals surface area (Å²) >= 11 is 2.22. The van der Waals surface area contributed by atoms with Crippen molar-refractivity contribution in [3.8, 4) is 0 Å². The summed E-state index contributed by atoms with van der Waals surface area (Å²) in [5.41, 5.74) is 3.95. The van der Waals surface area contributed by atoms with Gasteiger partial charge in [-0.15, -0.1) is 0 Å². The summed E-state index contributed by atoms with van der Waals surface area (Å²) in [6, 6.07) is 7.82. The van der Waals surface area contributed by atoms with E-state index in [1.165, 1.54) is 22.8 Å². The predicted molar refractivity (Wildman–Crippen MR) is 145 cm³/mol. The van der Waals surface area contributed by atoms with Crippen LogP contribution in [0.5, 0.6) is 0 Å². The van der Waals surface area contributed by atoms with Crippen LogP contribution in [0.25, 0.3) is 5.57 Å². The van der Waals surface area contributed by atoms with Crippen LogP contribution in [0.1, 0.15) is 58.9 Å².